The van der Waals surface area contributed by atoms with E-state index in [1.807, 2.05) is 0 Å². The number of aryl methyl sites for hydroxylation is 2. The second kappa shape index (κ2) is 17.1. The molecule has 2 atom stereocenters. The molecule has 4 heteroatoms. The van der Waals surface area contributed by atoms with Gasteiger partial charge < -0.3 is 0 Å². The quantitative estimate of drug-likeness (QED) is 0.104. The summed E-state index contributed by atoms with van der Waals surface area (Å²) in [7, 11) is 18.5. The van der Waals surface area contributed by atoms with Crippen LogP contribution in [0.4, 0.5) is 0 Å². The van der Waals surface area contributed by atoms with Gasteiger partial charge in [0.25, 0.3) is 0 Å². The van der Waals surface area contributed by atoms with Crippen LogP contribution in [-0.4, -0.2) is 5.92 Å². The fourth-order valence-corrected chi connectivity index (χ4v) is 44.2. The summed E-state index contributed by atoms with van der Waals surface area (Å²) in [5.74, 6) is -1.73. The van der Waals surface area contributed by atoms with Gasteiger partial charge in [0, 0.05) is 0 Å². The van der Waals surface area contributed by atoms with Crippen molar-refractivity contribution in [1.82, 2.24) is 0 Å². The van der Waals surface area contributed by atoms with Crippen LogP contribution in [0, 0.1) is 10.8 Å². The number of rotatable bonds is 15. The van der Waals surface area contributed by atoms with Crippen LogP contribution >= 0.6 is 17.0 Å². The van der Waals surface area contributed by atoms with E-state index in [1.165, 1.54) is 133 Å². The Balaban J connectivity index is 1.36. The summed E-state index contributed by atoms with van der Waals surface area (Å²) < 4.78 is 0.237. The first-order chi connectivity index (χ1) is 28.0. The second-order valence-corrected chi connectivity index (χ2v) is 62.2. The standard InChI is InChI=1S/2C26H31.C2H7Si.2ClH.Zr/c2*1-3-14-26(15-5-6-16-26)19-21-17-23-8-7-9-24(25(23)18-21)22-12-10-20(4-2)11-13-22;1-3-2;;;/h2*7-13,17-18H,3-6,14-16,19H2,1-2H3;3H,1-2H3;2*1H;/q;;;;;+2/p-2. The van der Waals surface area contributed by atoms with Crippen molar-refractivity contribution in [3.63, 3.8) is 0 Å². The minimum atomic E-state index is -5.08. The molecule has 0 amide bonds. The topological polar surface area (TPSA) is 0 Å². The summed E-state index contributed by atoms with van der Waals surface area (Å²) in [5.41, 5.74) is 17.6. The van der Waals surface area contributed by atoms with Crippen molar-refractivity contribution < 1.29 is 15.6 Å². The van der Waals surface area contributed by atoms with Gasteiger partial charge in [-0.1, -0.05) is 0 Å². The van der Waals surface area contributed by atoms with E-state index in [0.29, 0.717) is 10.8 Å². The van der Waals surface area contributed by atoms with Gasteiger partial charge in [0.15, 0.2) is 0 Å². The Kier molecular flexibility index (Phi) is 12.6. The zero-order valence-corrected chi connectivity index (χ0v) is 41.7. The van der Waals surface area contributed by atoms with Crippen LogP contribution in [0.25, 0.3) is 34.4 Å². The molecule has 8 rings (SSSR count). The molecule has 0 aliphatic heterocycles. The van der Waals surface area contributed by atoms with E-state index in [9.17, 15) is 17.0 Å². The van der Waals surface area contributed by atoms with Gasteiger partial charge >= 0.3 is 364 Å². The van der Waals surface area contributed by atoms with Gasteiger partial charge in [0.1, 0.15) is 0 Å². The number of hydrogen-bond donors (Lipinski definition) is 0. The van der Waals surface area contributed by atoms with Gasteiger partial charge in [-0.15, -0.1) is 0 Å². The Bertz CT molecular complexity index is 2010. The van der Waals surface area contributed by atoms with Gasteiger partial charge in [-0.05, 0) is 0 Å². The van der Waals surface area contributed by atoms with Crippen molar-refractivity contribution >= 4 is 35.1 Å². The van der Waals surface area contributed by atoms with E-state index >= 15 is 0 Å². The van der Waals surface area contributed by atoms with Crippen molar-refractivity contribution in [3.8, 4) is 22.3 Å². The maximum absolute atomic E-state index is 9.23. The number of fused-ring (bicyclic) bond motifs is 2. The summed E-state index contributed by atoms with van der Waals surface area (Å²) in [5, 5.41) is 0. The van der Waals surface area contributed by atoms with E-state index in [-0.39, 0.29) is 7.25 Å². The number of allylic oxidation sites excluding steroid dienone is 2. The molecule has 0 bridgehead atoms. The molecule has 0 aromatic heterocycles. The predicted molar refractivity (Wildman–Crippen MR) is 255 cm³/mol. The fraction of sp³-hybridized carbons (Fsp3) is 0.481. The molecule has 0 nitrogen and oxygen atoms in total. The first kappa shape index (κ1) is 42.7. The third kappa shape index (κ3) is 7.54. The molecule has 4 aliphatic rings. The molecular weight excluding hydrogens is 839 g/mol. The van der Waals surface area contributed by atoms with E-state index in [0.717, 1.165) is 25.7 Å². The average molecular weight is 908 g/mol. The predicted octanol–water partition coefficient (Wildman–Crippen LogP) is 17.2. The molecule has 0 spiro atoms. The molecule has 4 aliphatic carbocycles. The molecule has 2 unspecified atom stereocenters. The monoisotopic (exact) mass is 905 g/mol. The molecule has 58 heavy (non-hydrogen) atoms. The zero-order valence-electron chi connectivity index (χ0n) is 36.5. The Morgan fingerprint density at radius 1 is 0.552 bits per heavy atom. The van der Waals surface area contributed by atoms with Gasteiger partial charge in [-0.2, -0.15) is 0 Å². The fourth-order valence-electron chi connectivity index (χ4n) is 12.9. The van der Waals surface area contributed by atoms with Crippen LogP contribution in [0.2, 0.25) is 13.1 Å². The van der Waals surface area contributed by atoms with E-state index < -0.39 is 21.5 Å². The summed E-state index contributed by atoms with van der Waals surface area (Å²) in [6, 6.07) is 33.0. The molecular formula is C54H69Cl2SiZr. The van der Waals surface area contributed by atoms with Crippen LogP contribution in [-0.2, 0) is 28.4 Å². The summed E-state index contributed by atoms with van der Waals surface area (Å²) in [6.07, 6.45) is 25.5. The van der Waals surface area contributed by atoms with Gasteiger partial charge in [-0.3, -0.25) is 0 Å². The van der Waals surface area contributed by atoms with Gasteiger partial charge in [0.2, 0.25) is 0 Å². The first-order valence-corrected chi connectivity index (χ1v) is 39.7. The van der Waals surface area contributed by atoms with E-state index in [1.54, 1.807) is 11.1 Å². The zero-order chi connectivity index (χ0) is 40.7. The van der Waals surface area contributed by atoms with Crippen LogP contribution in [0.15, 0.2) is 96.1 Å². The van der Waals surface area contributed by atoms with Crippen LogP contribution in [0.5, 0.6) is 0 Å². The average Bonchev–Trinajstić information content (AvgIpc) is 4.04. The Morgan fingerprint density at radius 3 is 1.26 bits per heavy atom. The molecule has 307 valence electrons. The summed E-state index contributed by atoms with van der Waals surface area (Å²) in [6.45, 7) is 14.4. The summed E-state index contributed by atoms with van der Waals surface area (Å²) in [4.78, 5) is 0. The van der Waals surface area contributed by atoms with Crippen molar-refractivity contribution in [2.24, 2.45) is 10.8 Å². The number of halogens is 2. The molecule has 4 aromatic rings. The van der Waals surface area contributed by atoms with Crippen LogP contribution < -0.4 is 0 Å². The van der Waals surface area contributed by atoms with E-state index in [2.05, 4.69) is 138 Å². The van der Waals surface area contributed by atoms with Crippen LogP contribution in [0.3, 0.4) is 0 Å². The Morgan fingerprint density at radius 2 is 0.931 bits per heavy atom. The normalized spacial score (nSPS) is 21.4. The Labute approximate surface area is 361 Å². The third-order valence-corrected chi connectivity index (χ3v) is 67.8. The summed E-state index contributed by atoms with van der Waals surface area (Å²) >= 11 is -5.08. The molecule has 4 aromatic carbocycles. The molecule has 0 radical (unpaired) electrons. The third-order valence-electron chi connectivity index (χ3n) is 15.9. The molecule has 2 saturated carbocycles. The van der Waals surface area contributed by atoms with E-state index in [4.69, 9.17) is 0 Å². The second-order valence-electron chi connectivity index (χ2n) is 19.7. The van der Waals surface area contributed by atoms with Crippen LogP contribution in [0.1, 0.15) is 158 Å². The van der Waals surface area contributed by atoms with Gasteiger partial charge in [-0.25, -0.2) is 0 Å². The number of hydrogen-bond acceptors (Lipinski definition) is 0. The van der Waals surface area contributed by atoms with Crippen molar-refractivity contribution in [2.75, 3.05) is 0 Å². The van der Waals surface area contributed by atoms with Crippen molar-refractivity contribution in [2.45, 2.75) is 151 Å². The van der Waals surface area contributed by atoms with Crippen molar-refractivity contribution in [3.05, 3.63) is 129 Å². The molecule has 0 saturated heterocycles. The SMILES string of the molecule is CCCC1(CC2=Cc3c(-c4ccc(CC)cc4)cccc3[CH]2[Zr]([Cl])([Cl])([CH]2C(CC3(CCC)CCCC3)=Cc3c(-c4ccc(CC)cc4)cccc32)[SiH](C)C)CCCC1. The van der Waals surface area contributed by atoms with Gasteiger partial charge in [0.05, 0.1) is 0 Å². The minimum absolute atomic E-state index is 0.119. The molecule has 0 heterocycles. The van der Waals surface area contributed by atoms with Crippen molar-refractivity contribution in [1.29, 1.82) is 0 Å². The molecule has 2 fully saturated rings. The molecule has 0 N–H and O–H groups in total. The number of benzene rings is 4. The first-order valence-electron chi connectivity index (χ1n) is 23.4. The Hall–Kier alpha value is -1.96. The maximum atomic E-state index is 9.23.